The lowest BCUT2D eigenvalue weighted by molar-refractivity contribution is 0.296. The third kappa shape index (κ3) is 3.58. The molecule has 0 spiro atoms. The van der Waals surface area contributed by atoms with E-state index < -0.39 is 15.8 Å². The predicted molar refractivity (Wildman–Crippen MR) is 79.2 cm³/mol. The molecule has 3 N–H and O–H groups in total. The van der Waals surface area contributed by atoms with Crippen molar-refractivity contribution in [3.05, 3.63) is 28.5 Å². The van der Waals surface area contributed by atoms with E-state index in [0.717, 1.165) is 31.7 Å². The summed E-state index contributed by atoms with van der Waals surface area (Å²) in [6.45, 7) is 0.473. The fourth-order valence-electron chi connectivity index (χ4n) is 2.56. The summed E-state index contributed by atoms with van der Waals surface area (Å²) in [5.74, 6) is -0.316. The Morgan fingerprint density at radius 2 is 2.05 bits per heavy atom. The lowest BCUT2D eigenvalue weighted by Gasteiger charge is -2.31. The van der Waals surface area contributed by atoms with Crippen LogP contribution in [0.5, 0.6) is 0 Å². The lowest BCUT2D eigenvalue weighted by Crippen LogP contribution is -2.44. The monoisotopic (exact) mass is 364 g/mol. The molecule has 0 aromatic heterocycles. The summed E-state index contributed by atoms with van der Waals surface area (Å²) >= 11 is 3.00. The number of sulfonamides is 1. The van der Waals surface area contributed by atoms with Gasteiger partial charge < -0.3 is 5.73 Å². The SMILES string of the molecule is NCC1CCCCC1NS(=O)(=O)c1ccc(F)c(Br)c1. The zero-order valence-electron chi connectivity index (χ0n) is 11.0. The van der Waals surface area contributed by atoms with Crippen LogP contribution in [0.25, 0.3) is 0 Å². The van der Waals surface area contributed by atoms with Gasteiger partial charge in [0, 0.05) is 6.04 Å². The van der Waals surface area contributed by atoms with E-state index in [1.165, 1.54) is 12.1 Å². The molecule has 1 saturated carbocycles. The van der Waals surface area contributed by atoms with Crippen LogP contribution in [0.15, 0.2) is 27.6 Å². The van der Waals surface area contributed by atoms with Crippen molar-refractivity contribution in [1.29, 1.82) is 0 Å². The zero-order valence-corrected chi connectivity index (χ0v) is 13.4. The maximum Gasteiger partial charge on any atom is 0.240 e. The predicted octanol–water partition coefficient (Wildman–Crippen LogP) is 2.38. The topological polar surface area (TPSA) is 72.2 Å². The fraction of sp³-hybridized carbons (Fsp3) is 0.538. The second-order valence-electron chi connectivity index (χ2n) is 5.08. The molecule has 0 aliphatic heterocycles. The van der Waals surface area contributed by atoms with Gasteiger partial charge in [0.2, 0.25) is 10.0 Å². The van der Waals surface area contributed by atoms with E-state index in [9.17, 15) is 12.8 Å². The summed E-state index contributed by atoms with van der Waals surface area (Å²) in [4.78, 5) is 0.0621. The Kier molecular flexibility index (Phi) is 5.17. The summed E-state index contributed by atoms with van der Waals surface area (Å²) in [6, 6.07) is 3.54. The highest BCUT2D eigenvalue weighted by Crippen LogP contribution is 2.26. The third-order valence-corrected chi connectivity index (χ3v) is 5.82. The number of rotatable bonds is 4. The first kappa shape index (κ1) is 15.9. The van der Waals surface area contributed by atoms with Crippen LogP contribution in [0, 0.1) is 11.7 Å². The second-order valence-corrected chi connectivity index (χ2v) is 7.65. The van der Waals surface area contributed by atoms with Crippen molar-refractivity contribution in [2.45, 2.75) is 36.6 Å². The standard InChI is InChI=1S/C13H18BrFN2O2S/c14-11-7-10(5-6-12(11)15)20(18,19)17-13-4-2-1-3-9(13)8-16/h5-7,9,13,17H,1-4,8,16H2. The molecule has 1 aromatic rings. The zero-order chi connectivity index (χ0) is 14.8. The van der Waals surface area contributed by atoms with Crippen molar-refractivity contribution in [3.63, 3.8) is 0 Å². The summed E-state index contributed by atoms with van der Waals surface area (Å²) in [6.07, 6.45) is 3.82. The molecule has 0 amide bonds. The Labute approximate surface area is 127 Å². The van der Waals surface area contributed by atoms with Crippen molar-refractivity contribution in [2.75, 3.05) is 6.54 Å². The lowest BCUT2D eigenvalue weighted by atomic mass is 9.85. The maximum absolute atomic E-state index is 13.2. The molecule has 2 atom stereocenters. The number of benzene rings is 1. The van der Waals surface area contributed by atoms with Crippen LogP contribution in [-0.2, 0) is 10.0 Å². The molecule has 0 heterocycles. The van der Waals surface area contributed by atoms with Gasteiger partial charge in [0.15, 0.2) is 0 Å². The van der Waals surface area contributed by atoms with Crippen molar-refractivity contribution in [2.24, 2.45) is 11.7 Å². The normalized spacial score (nSPS) is 23.8. The van der Waals surface area contributed by atoms with Crippen LogP contribution in [0.3, 0.4) is 0 Å². The average Bonchev–Trinajstić information content (AvgIpc) is 2.42. The van der Waals surface area contributed by atoms with Crippen molar-refractivity contribution >= 4 is 26.0 Å². The van der Waals surface area contributed by atoms with E-state index in [-0.39, 0.29) is 21.3 Å². The quantitative estimate of drug-likeness (QED) is 0.861. The van der Waals surface area contributed by atoms with E-state index in [1.807, 2.05) is 0 Å². The van der Waals surface area contributed by atoms with Crippen LogP contribution < -0.4 is 10.5 Å². The van der Waals surface area contributed by atoms with E-state index in [1.54, 1.807) is 0 Å². The summed E-state index contributed by atoms with van der Waals surface area (Å²) in [7, 11) is -3.64. The highest BCUT2D eigenvalue weighted by molar-refractivity contribution is 9.10. The summed E-state index contributed by atoms with van der Waals surface area (Å²) in [5, 5.41) is 0. The van der Waals surface area contributed by atoms with Crippen molar-refractivity contribution in [1.82, 2.24) is 4.72 Å². The Morgan fingerprint density at radius 1 is 1.35 bits per heavy atom. The first-order chi connectivity index (χ1) is 9.44. The van der Waals surface area contributed by atoms with Gasteiger partial charge in [-0.3, -0.25) is 0 Å². The number of halogens is 2. The van der Waals surface area contributed by atoms with Gasteiger partial charge in [-0.1, -0.05) is 12.8 Å². The molecule has 0 radical (unpaired) electrons. The van der Waals surface area contributed by atoms with Crippen LogP contribution in [-0.4, -0.2) is 21.0 Å². The van der Waals surface area contributed by atoms with E-state index in [2.05, 4.69) is 20.7 Å². The molecule has 112 valence electrons. The second kappa shape index (κ2) is 6.51. The van der Waals surface area contributed by atoms with Crippen LogP contribution in [0.2, 0.25) is 0 Å². The van der Waals surface area contributed by atoms with Gasteiger partial charge in [-0.15, -0.1) is 0 Å². The molecule has 1 fully saturated rings. The highest BCUT2D eigenvalue weighted by Gasteiger charge is 2.28. The molecule has 2 unspecified atom stereocenters. The molecule has 1 aromatic carbocycles. The van der Waals surface area contributed by atoms with Crippen LogP contribution >= 0.6 is 15.9 Å². The Morgan fingerprint density at radius 3 is 2.70 bits per heavy atom. The number of nitrogens with two attached hydrogens (primary N) is 1. The number of hydrogen-bond acceptors (Lipinski definition) is 3. The van der Waals surface area contributed by atoms with Gasteiger partial charge in [-0.2, -0.15) is 0 Å². The molecule has 2 rings (SSSR count). The molecule has 1 aliphatic rings. The third-order valence-electron chi connectivity index (χ3n) is 3.72. The highest BCUT2D eigenvalue weighted by atomic mass is 79.9. The minimum absolute atomic E-state index is 0.0621. The molecular weight excluding hydrogens is 347 g/mol. The molecular formula is C13H18BrFN2O2S. The van der Waals surface area contributed by atoms with Gasteiger partial charge in [-0.05, 0) is 59.4 Å². The summed E-state index contributed by atoms with van der Waals surface area (Å²) in [5.41, 5.74) is 5.70. The number of nitrogens with one attached hydrogen (secondary N) is 1. The minimum Gasteiger partial charge on any atom is -0.330 e. The fourth-order valence-corrected chi connectivity index (χ4v) is 4.45. The summed E-state index contributed by atoms with van der Waals surface area (Å²) < 4.78 is 40.7. The maximum atomic E-state index is 13.2. The van der Waals surface area contributed by atoms with Gasteiger partial charge in [0.05, 0.1) is 9.37 Å². The molecule has 1 aliphatic carbocycles. The Bertz CT molecular complexity index is 580. The first-order valence-electron chi connectivity index (χ1n) is 6.61. The van der Waals surface area contributed by atoms with Gasteiger partial charge >= 0.3 is 0 Å². The minimum atomic E-state index is -3.64. The largest absolute Gasteiger partial charge is 0.330 e. The van der Waals surface area contributed by atoms with Gasteiger partial charge in [0.1, 0.15) is 5.82 Å². The Balaban J connectivity index is 2.19. The van der Waals surface area contributed by atoms with Gasteiger partial charge in [-0.25, -0.2) is 17.5 Å². The number of hydrogen-bond donors (Lipinski definition) is 2. The molecule has 0 saturated heterocycles. The van der Waals surface area contributed by atoms with E-state index in [0.29, 0.717) is 6.54 Å². The first-order valence-corrected chi connectivity index (χ1v) is 8.89. The molecule has 0 bridgehead atoms. The van der Waals surface area contributed by atoms with Crippen molar-refractivity contribution in [3.8, 4) is 0 Å². The molecule has 20 heavy (non-hydrogen) atoms. The van der Waals surface area contributed by atoms with Crippen LogP contribution in [0.4, 0.5) is 4.39 Å². The van der Waals surface area contributed by atoms with Crippen molar-refractivity contribution < 1.29 is 12.8 Å². The molecule has 7 heteroatoms. The van der Waals surface area contributed by atoms with Gasteiger partial charge in [0.25, 0.3) is 0 Å². The molecule has 4 nitrogen and oxygen atoms in total. The average molecular weight is 365 g/mol. The smallest absolute Gasteiger partial charge is 0.240 e. The van der Waals surface area contributed by atoms with E-state index in [4.69, 9.17) is 5.73 Å². The van der Waals surface area contributed by atoms with E-state index >= 15 is 0 Å². The Hall–Kier alpha value is -0.500. The van der Waals surface area contributed by atoms with Crippen LogP contribution in [0.1, 0.15) is 25.7 Å².